The number of hydrogen-bond acceptors (Lipinski definition) is 5. The zero-order valence-corrected chi connectivity index (χ0v) is 19.8. The van der Waals surface area contributed by atoms with Crippen molar-refractivity contribution in [3.8, 4) is 0 Å². The molecule has 3 aromatic rings. The van der Waals surface area contributed by atoms with Gasteiger partial charge in [0.25, 0.3) is 0 Å². The number of rotatable bonds is 6. The third-order valence-corrected chi connectivity index (χ3v) is 7.29. The molecule has 0 unspecified atom stereocenters. The van der Waals surface area contributed by atoms with E-state index in [4.69, 9.17) is 0 Å². The van der Waals surface area contributed by atoms with Crippen LogP contribution in [-0.2, 0) is 16.1 Å². The van der Waals surface area contributed by atoms with Crippen LogP contribution in [0.1, 0.15) is 5.56 Å². The number of thioether (sulfide) groups is 1. The molecule has 0 atom stereocenters. The molecule has 0 radical (unpaired) electrons. The van der Waals surface area contributed by atoms with Gasteiger partial charge in [0.1, 0.15) is 6.54 Å². The molecule has 2 aliphatic rings. The minimum absolute atomic E-state index is 0.0154. The molecule has 7 heteroatoms. The molecule has 1 fully saturated rings. The van der Waals surface area contributed by atoms with Crippen LogP contribution in [0.25, 0.3) is 0 Å². The van der Waals surface area contributed by atoms with Crippen LogP contribution in [0.5, 0.6) is 0 Å². The number of nitrogens with zero attached hydrogens (tertiary/aromatic N) is 3. The lowest BCUT2D eigenvalue weighted by Crippen LogP contribution is -2.45. The van der Waals surface area contributed by atoms with E-state index in [0.29, 0.717) is 5.75 Å². The summed E-state index contributed by atoms with van der Waals surface area (Å²) in [5.41, 5.74) is 4.06. The number of piperazine rings is 1. The molecule has 1 N–H and O–H groups in total. The molecule has 2 heterocycles. The van der Waals surface area contributed by atoms with Crippen molar-refractivity contribution >= 4 is 40.6 Å². The summed E-state index contributed by atoms with van der Waals surface area (Å²) in [6.45, 7) is 5.01. The van der Waals surface area contributed by atoms with E-state index in [1.165, 1.54) is 17.3 Å². The Bertz CT molecular complexity index is 1140. The summed E-state index contributed by atoms with van der Waals surface area (Å²) >= 11 is 1.52. The third-order valence-electron chi connectivity index (χ3n) is 6.25. The Balaban J connectivity index is 1.14. The minimum Gasteiger partial charge on any atom is -0.369 e. The van der Waals surface area contributed by atoms with E-state index >= 15 is 0 Å². The Kier molecular flexibility index (Phi) is 6.83. The molecule has 1 saturated heterocycles. The van der Waals surface area contributed by atoms with Crippen molar-refractivity contribution < 1.29 is 9.59 Å². The highest BCUT2D eigenvalue weighted by atomic mass is 32.2. The number of fused-ring (bicyclic) bond motifs is 1. The van der Waals surface area contributed by atoms with Gasteiger partial charge >= 0.3 is 0 Å². The first-order valence-corrected chi connectivity index (χ1v) is 12.6. The van der Waals surface area contributed by atoms with E-state index < -0.39 is 0 Å². The summed E-state index contributed by atoms with van der Waals surface area (Å²) in [7, 11) is 0. The maximum absolute atomic E-state index is 12.7. The maximum atomic E-state index is 12.7. The first-order valence-electron chi connectivity index (χ1n) is 11.6. The average Bonchev–Trinajstić information content (AvgIpc) is 2.87. The Hall–Kier alpha value is -3.29. The predicted octanol–water partition coefficient (Wildman–Crippen LogP) is 4.09. The van der Waals surface area contributed by atoms with Gasteiger partial charge in [0.2, 0.25) is 11.8 Å². The second-order valence-electron chi connectivity index (χ2n) is 8.58. The van der Waals surface area contributed by atoms with Gasteiger partial charge in [0.05, 0.1) is 11.4 Å². The molecule has 0 saturated carbocycles. The fourth-order valence-corrected chi connectivity index (χ4v) is 5.37. The smallest absolute Gasteiger partial charge is 0.244 e. The monoisotopic (exact) mass is 472 g/mol. The van der Waals surface area contributed by atoms with Crippen LogP contribution in [0.3, 0.4) is 0 Å². The van der Waals surface area contributed by atoms with Crippen molar-refractivity contribution in [3.63, 3.8) is 0 Å². The molecule has 174 valence electrons. The number of nitrogens with one attached hydrogen (secondary N) is 1. The highest BCUT2D eigenvalue weighted by molar-refractivity contribution is 8.00. The van der Waals surface area contributed by atoms with Gasteiger partial charge in [0, 0.05) is 49.0 Å². The van der Waals surface area contributed by atoms with E-state index in [9.17, 15) is 9.59 Å². The lowest BCUT2D eigenvalue weighted by Gasteiger charge is -2.36. The molecule has 0 bridgehead atoms. The van der Waals surface area contributed by atoms with Crippen LogP contribution >= 0.6 is 11.8 Å². The van der Waals surface area contributed by atoms with Crippen LogP contribution in [-0.4, -0.2) is 55.2 Å². The molecule has 6 nitrogen and oxygen atoms in total. The Morgan fingerprint density at radius 1 is 0.853 bits per heavy atom. The van der Waals surface area contributed by atoms with Gasteiger partial charge in [0.15, 0.2) is 0 Å². The zero-order chi connectivity index (χ0) is 23.3. The number of carbonyl (C=O) groups is 2. The fraction of sp³-hybridized carbons (Fsp3) is 0.259. The molecular weight excluding hydrogens is 444 g/mol. The molecule has 0 spiro atoms. The van der Waals surface area contributed by atoms with E-state index in [0.717, 1.165) is 54.7 Å². The Labute approximate surface area is 204 Å². The molecule has 3 aromatic carbocycles. The normalized spacial score (nSPS) is 16.3. The van der Waals surface area contributed by atoms with Gasteiger partial charge in [-0.05, 0) is 42.0 Å². The summed E-state index contributed by atoms with van der Waals surface area (Å²) in [5.74, 6) is 0.121. The predicted molar refractivity (Wildman–Crippen MR) is 139 cm³/mol. The van der Waals surface area contributed by atoms with Gasteiger partial charge in [-0.3, -0.25) is 14.5 Å². The van der Waals surface area contributed by atoms with Crippen molar-refractivity contribution in [2.45, 2.75) is 11.4 Å². The number of benzene rings is 3. The second kappa shape index (κ2) is 10.3. The molecule has 0 aliphatic carbocycles. The van der Waals surface area contributed by atoms with Crippen LogP contribution in [0.4, 0.5) is 17.1 Å². The third kappa shape index (κ3) is 5.26. The summed E-state index contributed by atoms with van der Waals surface area (Å²) in [6.07, 6.45) is 0. The van der Waals surface area contributed by atoms with Crippen molar-refractivity contribution in [3.05, 3.63) is 84.4 Å². The number of anilines is 3. The zero-order valence-electron chi connectivity index (χ0n) is 19.0. The van der Waals surface area contributed by atoms with E-state index in [-0.39, 0.29) is 18.4 Å². The lowest BCUT2D eigenvalue weighted by molar-refractivity contribution is -0.120. The lowest BCUT2D eigenvalue weighted by atomic mass is 10.2. The first-order chi connectivity index (χ1) is 16.7. The van der Waals surface area contributed by atoms with Crippen LogP contribution in [0.15, 0.2) is 83.8 Å². The van der Waals surface area contributed by atoms with Gasteiger partial charge in [-0.15, -0.1) is 11.8 Å². The standard InChI is InChI=1S/C27H28N4O2S/c32-26(19-31-24-8-4-5-9-25(24)34-20-27(31)33)28-22-10-12-23(13-11-22)30-16-14-29(15-17-30)18-21-6-2-1-3-7-21/h1-13H,14-20H2,(H,28,32). The van der Waals surface area contributed by atoms with Gasteiger partial charge in [-0.25, -0.2) is 0 Å². The van der Waals surface area contributed by atoms with Gasteiger partial charge in [-0.1, -0.05) is 42.5 Å². The minimum atomic E-state index is -0.197. The number of carbonyl (C=O) groups excluding carboxylic acids is 2. The summed E-state index contributed by atoms with van der Waals surface area (Å²) in [4.78, 5) is 32.6. The fourth-order valence-electron chi connectivity index (χ4n) is 4.43. The topological polar surface area (TPSA) is 55.9 Å². The average molecular weight is 473 g/mol. The van der Waals surface area contributed by atoms with Crippen molar-refractivity contribution in [1.29, 1.82) is 0 Å². The van der Waals surface area contributed by atoms with E-state index in [1.54, 1.807) is 4.90 Å². The molecule has 0 aromatic heterocycles. The number of amides is 2. The summed E-state index contributed by atoms with van der Waals surface area (Å²) in [5, 5.41) is 2.94. The first kappa shape index (κ1) is 22.5. The van der Waals surface area contributed by atoms with Gasteiger partial charge < -0.3 is 15.1 Å². The summed E-state index contributed by atoms with van der Waals surface area (Å²) in [6, 6.07) is 26.3. The van der Waals surface area contributed by atoms with E-state index in [2.05, 4.69) is 57.6 Å². The maximum Gasteiger partial charge on any atom is 0.244 e. The van der Waals surface area contributed by atoms with Crippen molar-refractivity contribution in [1.82, 2.24) is 4.90 Å². The molecule has 2 aliphatic heterocycles. The SMILES string of the molecule is O=C(CN1C(=O)CSc2ccccc21)Nc1ccc(N2CCN(Cc3ccccc3)CC2)cc1. The highest BCUT2D eigenvalue weighted by Crippen LogP contribution is 2.34. The van der Waals surface area contributed by atoms with Crippen molar-refractivity contribution in [2.75, 3.05) is 53.6 Å². The molecule has 2 amide bonds. The van der Waals surface area contributed by atoms with Crippen LogP contribution in [0.2, 0.25) is 0 Å². The molecule has 34 heavy (non-hydrogen) atoms. The van der Waals surface area contributed by atoms with E-state index in [1.807, 2.05) is 36.4 Å². The van der Waals surface area contributed by atoms with Crippen LogP contribution < -0.4 is 15.1 Å². The largest absolute Gasteiger partial charge is 0.369 e. The number of hydrogen-bond donors (Lipinski definition) is 1. The highest BCUT2D eigenvalue weighted by Gasteiger charge is 2.26. The second-order valence-corrected chi connectivity index (χ2v) is 9.60. The quantitative estimate of drug-likeness (QED) is 0.586. The molecule has 5 rings (SSSR count). The van der Waals surface area contributed by atoms with Gasteiger partial charge in [-0.2, -0.15) is 0 Å². The Morgan fingerprint density at radius 2 is 1.56 bits per heavy atom. The summed E-state index contributed by atoms with van der Waals surface area (Å²) < 4.78 is 0. The van der Waals surface area contributed by atoms with Crippen molar-refractivity contribution in [2.24, 2.45) is 0 Å². The Morgan fingerprint density at radius 3 is 2.32 bits per heavy atom. The molecular formula is C27H28N4O2S. The number of para-hydroxylation sites is 1. The van der Waals surface area contributed by atoms with Crippen LogP contribution in [0, 0.1) is 0 Å².